The minimum absolute atomic E-state index is 0.00420. The van der Waals surface area contributed by atoms with Gasteiger partial charge in [-0.1, -0.05) is 36.7 Å². The Morgan fingerprint density at radius 2 is 1.71 bits per heavy atom. The van der Waals surface area contributed by atoms with E-state index in [0.717, 1.165) is 37.8 Å². The third-order valence-corrected chi connectivity index (χ3v) is 6.65. The van der Waals surface area contributed by atoms with Gasteiger partial charge in [-0.3, -0.25) is 9.10 Å². The summed E-state index contributed by atoms with van der Waals surface area (Å²) in [7, 11) is -3.51. The summed E-state index contributed by atoms with van der Waals surface area (Å²) in [4.78, 5) is 14.6. The van der Waals surface area contributed by atoms with Crippen LogP contribution in [0.3, 0.4) is 0 Å². The molecule has 28 heavy (non-hydrogen) atoms. The van der Waals surface area contributed by atoms with Gasteiger partial charge >= 0.3 is 0 Å². The summed E-state index contributed by atoms with van der Waals surface area (Å²) < 4.78 is 26.0. The molecule has 2 aromatic rings. The molecule has 0 atom stereocenters. The van der Waals surface area contributed by atoms with Gasteiger partial charge in [0.2, 0.25) is 10.0 Å². The Labute approximate surface area is 172 Å². The molecule has 0 aromatic heterocycles. The molecule has 0 saturated carbocycles. The zero-order valence-electron chi connectivity index (χ0n) is 16.1. The van der Waals surface area contributed by atoms with Crippen molar-refractivity contribution < 1.29 is 13.2 Å². The van der Waals surface area contributed by atoms with Crippen LogP contribution in [0, 0.1) is 5.92 Å². The second-order valence-electron chi connectivity index (χ2n) is 7.38. The quantitative estimate of drug-likeness (QED) is 0.729. The van der Waals surface area contributed by atoms with Crippen LogP contribution in [-0.4, -0.2) is 38.6 Å². The van der Waals surface area contributed by atoms with Crippen molar-refractivity contribution in [2.45, 2.75) is 26.3 Å². The molecule has 150 valence electrons. The number of halogens is 1. The minimum Gasteiger partial charge on any atom is -0.339 e. The summed E-state index contributed by atoms with van der Waals surface area (Å²) in [6, 6.07) is 13.9. The van der Waals surface area contributed by atoms with Crippen LogP contribution >= 0.6 is 11.6 Å². The first-order chi connectivity index (χ1) is 13.3. The smallest absolute Gasteiger partial charge is 0.253 e. The van der Waals surface area contributed by atoms with Crippen molar-refractivity contribution in [3.63, 3.8) is 0 Å². The summed E-state index contributed by atoms with van der Waals surface area (Å²) >= 11 is 6.20. The van der Waals surface area contributed by atoms with Crippen LogP contribution in [0.1, 0.15) is 35.7 Å². The van der Waals surface area contributed by atoms with Gasteiger partial charge in [0, 0.05) is 23.7 Å². The van der Waals surface area contributed by atoms with E-state index in [1.165, 1.54) is 4.31 Å². The molecule has 7 heteroatoms. The van der Waals surface area contributed by atoms with Gasteiger partial charge in [0.15, 0.2) is 0 Å². The number of hydrogen-bond donors (Lipinski definition) is 0. The molecule has 0 aliphatic carbocycles. The highest BCUT2D eigenvalue weighted by Gasteiger charge is 2.23. The molecule has 5 nitrogen and oxygen atoms in total. The second-order valence-corrected chi connectivity index (χ2v) is 9.70. The molecule has 1 fully saturated rings. The molecule has 0 unspecified atom stereocenters. The first kappa shape index (κ1) is 20.7. The Bertz CT molecular complexity index is 936. The predicted molar refractivity (Wildman–Crippen MR) is 113 cm³/mol. The SMILES string of the molecule is CC1CCN(C(=O)c2ccc(N(Cc3ccccc3Cl)S(C)(=O)=O)cc2)CC1. The molecule has 1 heterocycles. The lowest BCUT2D eigenvalue weighted by molar-refractivity contribution is 0.0697. The molecule has 1 aliphatic rings. The van der Waals surface area contributed by atoms with Crippen molar-refractivity contribution >= 4 is 33.2 Å². The lowest BCUT2D eigenvalue weighted by Gasteiger charge is -2.30. The highest BCUT2D eigenvalue weighted by Crippen LogP contribution is 2.25. The molecule has 0 N–H and O–H groups in total. The van der Waals surface area contributed by atoms with Crippen molar-refractivity contribution in [3.8, 4) is 0 Å². The second kappa shape index (κ2) is 8.53. The maximum Gasteiger partial charge on any atom is 0.253 e. The van der Waals surface area contributed by atoms with Crippen molar-refractivity contribution in [3.05, 3.63) is 64.7 Å². The molecular formula is C21H25ClN2O3S. The summed E-state index contributed by atoms with van der Waals surface area (Å²) in [6.45, 7) is 3.87. The zero-order valence-corrected chi connectivity index (χ0v) is 17.7. The van der Waals surface area contributed by atoms with E-state index in [2.05, 4.69) is 6.92 Å². The van der Waals surface area contributed by atoms with Crippen LogP contribution in [-0.2, 0) is 16.6 Å². The van der Waals surface area contributed by atoms with E-state index in [1.54, 1.807) is 42.5 Å². The minimum atomic E-state index is -3.51. The van der Waals surface area contributed by atoms with Crippen LogP contribution in [0.5, 0.6) is 0 Å². The largest absolute Gasteiger partial charge is 0.339 e. The van der Waals surface area contributed by atoms with Crippen LogP contribution in [0.15, 0.2) is 48.5 Å². The molecule has 0 spiro atoms. The maximum absolute atomic E-state index is 12.7. The van der Waals surface area contributed by atoms with Crippen LogP contribution < -0.4 is 4.31 Å². The van der Waals surface area contributed by atoms with E-state index in [9.17, 15) is 13.2 Å². The van der Waals surface area contributed by atoms with Gasteiger partial charge in [-0.15, -0.1) is 0 Å². The Kier molecular flexibility index (Phi) is 6.30. The third kappa shape index (κ3) is 4.86. The molecule has 3 rings (SSSR count). The lowest BCUT2D eigenvalue weighted by Crippen LogP contribution is -2.37. The Hall–Kier alpha value is -2.05. The summed E-state index contributed by atoms with van der Waals surface area (Å²) in [5, 5.41) is 0.516. The van der Waals surface area contributed by atoms with Gasteiger partial charge in [0.25, 0.3) is 5.91 Å². The average Bonchev–Trinajstić information content (AvgIpc) is 2.67. The van der Waals surface area contributed by atoms with E-state index in [0.29, 0.717) is 22.2 Å². The summed E-state index contributed by atoms with van der Waals surface area (Å²) in [5.74, 6) is 0.648. The Morgan fingerprint density at radius 3 is 2.29 bits per heavy atom. The highest BCUT2D eigenvalue weighted by molar-refractivity contribution is 7.92. The Balaban J connectivity index is 1.81. The number of amides is 1. The van der Waals surface area contributed by atoms with Gasteiger partial charge in [0.1, 0.15) is 0 Å². The molecular weight excluding hydrogens is 396 g/mol. The number of nitrogens with zero attached hydrogens (tertiary/aromatic N) is 2. The number of piperidine rings is 1. The third-order valence-electron chi connectivity index (χ3n) is 5.15. The zero-order chi connectivity index (χ0) is 20.3. The number of sulfonamides is 1. The van der Waals surface area contributed by atoms with Gasteiger partial charge in [-0.25, -0.2) is 8.42 Å². The molecule has 1 saturated heterocycles. The van der Waals surface area contributed by atoms with Gasteiger partial charge in [-0.05, 0) is 54.7 Å². The van der Waals surface area contributed by atoms with Crippen molar-refractivity contribution in [2.75, 3.05) is 23.7 Å². The van der Waals surface area contributed by atoms with Gasteiger partial charge in [0.05, 0.1) is 18.5 Å². The summed E-state index contributed by atoms with van der Waals surface area (Å²) in [6.07, 6.45) is 3.20. The first-order valence-corrected chi connectivity index (χ1v) is 11.6. The average molecular weight is 421 g/mol. The molecule has 2 aromatic carbocycles. The Morgan fingerprint density at radius 1 is 1.11 bits per heavy atom. The fourth-order valence-electron chi connectivity index (χ4n) is 3.35. The highest BCUT2D eigenvalue weighted by atomic mass is 35.5. The van der Waals surface area contributed by atoms with Crippen molar-refractivity contribution in [1.29, 1.82) is 0 Å². The van der Waals surface area contributed by atoms with Gasteiger partial charge < -0.3 is 4.90 Å². The number of hydrogen-bond acceptors (Lipinski definition) is 3. The number of carbonyl (C=O) groups excluding carboxylic acids is 1. The molecule has 1 aliphatic heterocycles. The molecule has 1 amide bonds. The van der Waals surface area contributed by atoms with Crippen molar-refractivity contribution in [1.82, 2.24) is 4.90 Å². The molecule has 0 radical (unpaired) electrons. The fourth-order valence-corrected chi connectivity index (χ4v) is 4.42. The maximum atomic E-state index is 12.7. The lowest BCUT2D eigenvalue weighted by atomic mass is 9.98. The predicted octanol–water partition coefficient (Wildman–Crippen LogP) is 4.18. The van der Waals surface area contributed by atoms with Gasteiger partial charge in [-0.2, -0.15) is 0 Å². The van der Waals surface area contributed by atoms with E-state index in [-0.39, 0.29) is 12.5 Å². The number of benzene rings is 2. The first-order valence-electron chi connectivity index (χ1n) is 9.36. The van der Waals surface area contributed by atoms with E-state index in [4.69, 9.17) is 11.6 Å². The monoisotopic (exact) mass is 420 g/mol. The summed E-state index contributed by atoms with van der Waals surface area (Å²) in [5.41, 5.74) is 1.80. The number of anilines is 1. The number of rotatable bonds is 5. The van der Waals surface area contributed by atoms with Crippen LogP contribution in [0.2, 0.25) is 5.02 Å². The van der Waals surface area contributed by atoms with Crippen molar-refractivity contribution in [2.24, 2.45) is 5.92 Å². The van der Waals surface area contributed by atoms with Crippen LogP contribution in [0.4, 0.5) is 5.69 Å². The van der Waals surface area contributed by atoms with Crippen LogP contribution in [0.25, 0.3) is 0 Å². The van der Waals surface area contributed by atoms with E-state index in [1.807, 2.05) is 11.0 Å². The molecule has 0 bridgehead atoms. The normalized spacial score (nSPS) is 15.5. The number of likely N-dealkylation sites (tertiary alicyclic amines) is 1. The topological polar surface area (TPSA) is 57.7 Å². The number of carbonyl (C=O) groups is 1. The standard InChI is InChI=1S/C21H25ClN2O3S/c1-16-11-13-23(14-12-16)21(25)17-7-9-19(10-8-17)24(28(2,26)27)15-18-5-3-4-6-20(18)22/h3-10,16H,11-15H2,1-2H3. The van der Waals surface area contributed by atoms with E-state index < -0.39 is 10.0 Å². The fraction of sp³-hybridized carbons (Fsp3) is 0.381. The van der Waals surface area contributed by atoms with E-state index >= 15 is 0 Å².